The molecule has 5 aromatic rings. The number of nitrogens with one attached hydrogen (secondary N) is 1. The number of anilines is 1. The van der Waals surface area contributed by atoms with E-state index in [0.717, 1.165) is 22.7 Å². The lowest BCUT2D eigenvalue weighted by Gasteiger charge is -2.14. The zero-order valence-corrected chi connectivity index (χ0v) is 18.4. The van der Waals surface area contributed by atoms with Crippen LogP contribution in [0, 0.1) is 12.7 Å². The molecule has 3 aromatic carbocycles. The SMILES string of the molecule is Cc1ccccc1-n1c(SCC(=O)Nc2ccccc2F)nc2c(oc3ccccc32)c1=O. The van der Waals surface area contributed by atoms with Crippen LogP contribution in [-0.4, -0.2) is 21.2 Å². The molecule has 0 unspecified atom stereocenters. The molecule has 2 heterocycles. The summed E-state index contributed by atoms with van der Waals surface area (Å²) >= 11 is 1.10. The summed E-state index contributed by atoms with van der Waals surface area (Å²) in [6, 6.07) is 20.7. The molecular weight excluding hydrogens is 441 g/mol. The van der Waals surface area contributed by atoms with Crippen LogP contribution in [-0.2, 0) is 4.79 Å². The minimum atomic E-state index is -0.517. The van der Waals surface area contributed by atoms with Crippen LogP contribution in [0.4, 0.5) is 10.1 Å². The second-order valence-electron chi connectivity index (χ2n) is 7.41. The predicted molar refractivity (Wildman–Crippen MR) is 128 cm³/mol. The summed E-state index contributed by atoms with van der Waals surface area (Å²) < 4.78 is 21.2. The molecule has 33 heavy (non-hydrogen) atoms. The Kier molecular flexibility index (Phi) is 5.43. The first kappa shape index (κ1) is 21.0. The van der Waals surface area contributed by atoms with Gasteiger partial charge >= 0.3 is 5.56 Å². The summed E-state index contributed by atoms with van der Waals surface area (Å²) in [6.07, 6.45) is 0. The highest BCUT2D eigenvalue weighted by Gasteiger charge is 2.20. The predicted octanol–water partition coefficient (Wildman–Crippen LogP) is 5.31. The van der Waals surface area contributed by atoms with Crippen LogP contribution in [0.2, 0.25) is 0 Å². The molecule has 2 aromatic heterocycles. The Morgan fingerprint density at radius 1 is 1.06 bits per heavy atom. The number of thioether (sulfide) groups is 1. The van der Waals surface area contributed by atoms with E-state index in [-0.39, 0.29) is 22.6 Å². The smallest absolute Gasteiger partial charge is 0.302 e. The molecule has 5 rings (SSSR count). The number of para-hydroxylation sites is 3. The molecule has 164 valence electrons. The fraction of sp³-hybridized carbons (Fsp3) is 0.0800. The van der Waals surface area contributed by atoms with E-state index >= 15 is 0 Å². The number of halogens is 1. The third-order valence-electron chi connectivity index (χ3n) is 5.20. The fourth-order valence-electron chi connectivity index (χ4n) is 3.62. The zero-order valence-electron chi connectivity index (χ0n) is 17.5. The Morgan fingerprint density at radius 3 is 2.61 bits per heavy atom. The third-order valence-corrected chi connectivity index (χ3v) is 6.14. The van der Waals surface area contributed by atoms with Crippen molar-refractivity contribution in [2.45, 2.75) is 12.1 Å². The van der Waals surface area contributed by atoms with Gasteiger partial charge in [-0.3, -0.25) is 14.2 Å². The molecule has 0 atom stereocenters. The number of aryl methyl sites for hydroxylation is 1. The average molecular weight is 460 g/mol. The number of hydrogen-bond donors (Lipinski definition) is 1. The standard InChI is InChI=1S/C25H18FN3O3S/c1-15-8-2-6-12-19(15)29-24(31)23-22(16-9-3-7-13-20(16)32-23)28-25(29)33-14-21(30)27-18-11-5-4-10-17(18)26/h2-13H,14H2,1H3,(H,27,30). The molecule has 0 radical (unpaired) electrons. The highest BCUT2D eigenvalue weighted by atomic mass is 32.2. The summed E-state index contributed by atoms with van der Waals surface area (Å²) in [7, 11) is 0. The maximum atomic E-state index is 13.9. The Morgan fingerprint density at radius 2 is 1.79 bits per heavy atom. The highest BCUT2D eigenvalue weighted by Crippen LogP contribution is 2.29. The number of furan rings is 1. The van der Waals surface area contributed by atoms with Crippen LogP contribution in [0.25, 0.3) is 27.8 Å². The fourth-order valence-corrected chi connectivity index (χ4v) is 4.42. The van der Waals surface area contributed by atoms with Gasteiger partial charge in [0.25, 0.3) is 0 Å². The van der Waals surface area contributed by atoms with Gasteiger partial charge < -0.3 is 9.73 Å². The van der Waals surface area contributed by atoms with Crippen LogP contribution >= 0.6 is 11.8 Å². The van der Waals surface area contributed by atoms with Crippen LogP contribution in [0.1, 0.15) is 5.56 Å². The highest BCUT2D eigenvalue weighted by molar-refractivity contribution is 7.99. The Hall–Kier alpha value is -3.91. The van der Waals surface area contributed by atoms with Gasteiger partial charge in [-0.15, -0.1) is 0 Å². The van der Waals surface area contributed by atoms with Gasteiger partial charge in [0.1, 0.15) is 16.9 Å². The number of amides is 1. The Labute approximate surface area is 192 Å². The summed E-state index contributed by atoms with van der Waals surface area (Å²) in [6.45, 7) is 1.89. The number of nitrogens with zero attached hydrogens (tertiary/aromatic N) is 2. The van der Waals surface area contributed by atoms with Gasteiger partial charge in [-0.05, 0) is 42.8 Å². The zero-order chi connectivity index (χ0) is 22.9. The first-order chi connectivity index (χ1) is 16.0. The monoisotopic (exact) mass is 459 g/mol. The Bertz CT molecular complexity index is 1570. The number of rotatable bonds is 5. The van der Waals surface area contributed by atoms with E-state index in [1.54, 1.807) is 18.2 Å². The van der Waals surface area contributed by atoms with Crippen molar-refractivity contribution in [2.24, 2.45) is 0 Å². The topological polar surface area (TPSA) is 77.1 Å². The van der Waals surface area contributed by atoms with Crippen molar-refractivity contribution in [3.8, 4) is 5.69 Å². The maximum Gasteiger partial charge on any atom is 0.302 e. The average Bonchev–Trinajstić information content (AvgIpc) is 3.19. The lowest BCUT2D eigenvalue weighted by atomic mass is 10.2. The minimum absolute atomic E-state index is 0.0616. The van der Waals surface area contributed by atoms with Crippen LogP contribution in [0.5, 0.6) is 0 Å². The van der Waals surface area contributed by atoms with Gasteiger partial charge in [-0.2, -0.15) is 0 Å². The summed E-state index contributed by atoms with van der Waals surface area (Å²) in [4.78, 5) is 30.8. The normalized spacial score (nSPS) is 11.2. The second kappa shape index (κ2) is 8.55. The summed E-state index contributed by atoms with van der Waals surface area (Å²) in [5.41, 5.74) is 2.42. The molecule has 0 saturated heterocycles. The Balaban J connectivity index is 1.59. The molecule has 0 aliphatic carbocycles. The molecule has 0 aliphatic heterocycles. The van der Waals surface area contributed by atoms with Crippen LogP contribution in [0.3, 0.4) is 0 Å². The van der Waals surface area contributed by atoms with Gasteiger partial charge in [0.05, 0.1) is 17.1 Å². The quantitative estimate of drug-likeness (QED) is 0.285. The van der Waals surface area contributed by atoms with Crippen molar-refractivity contribution in [1.82, 2.24) is 9.55 Å². The van der Waals surface area contributed by atoms with Crippen molar-refractivity contribution < 1.29 is 13.6 Å². The van der Waals surface area contributed by atoms with E-state index < -0.39 is 11.7 Å². The molecule has 6 nitrogen and oxygen atoms in total. The maximum absolute atomic E-state index is 13.9. The molecule has 0 fully saturated rings. The van der Waals surface area contributed by atoms with Crippen molar-refractivity contribution in [3.05, 3.63) is 94.5 Å². The molecule has 1 amide bonds. The molecular formula is C25H18FN3O3S. The number of fused-ring (bicyclic) bond motifs is 3. The van der Waals surface area contributed by atoms with Crippen molar-refractivity contribution in [2.75, 3.05) is 11.1 Å². The summed E-state index contributed by atoms with van der Waals surface area (Å²) in [5, 5.41) is 3.62. The van der Waals surface area contributed by atoms with E-state index in [4.69, 9.17) is 9.40 Å². The van der Waals surface area contributed by atoms with Crippen LogP contribution in [0.15, 0.2) is 87.2 Å². The number of hydrogen-bond acceptors (Lipinski definition) is 5. The van der Waals surface area contributed by atoms with Crippen molar-refractivity contribution in [1.29, 1.82) is 0 Å². The molecule has 8 heteroatoms. The van der Waals surface area contributed by atoms with Gasteiger partial charge in [0.15, 0.2) is 5.16 Å². The van der Waals surface area contributed by atoms with Gasteiger partial charge in [-0.1, -0.05) is 54.2 Å². The van der Waals surface area contributed by atoms with Gasteiger partial charge in [-0.25, -0.2) is 9.37 Å². The number of carbonyl (C=O) groups excluding carboxylic acids is 1. The lowest BCUT2D eigenvalue weighted by molar-refractivity contribution is -0.113. The largest absolute Gasteiger partial charge is 0.448 e. The first-order valence-corrected chi connectivity index (χ1v) is 11.2. The van der Waals surface area contributed by atoms with Crippen molar-refractivity contribution >= 4 is 45.4 Å². The lowest BCUT2D eigenvalue weighted by Crippen LogP contribution is -2.23. The number of benzene rings is 3. The second-order valence-corrected chi connectivity index (χ2v) is 8.36. The van der Waals surface area contributed by atoms with E-state index in [2.05, 4.69) is 5.32 Å². The molecule has 1 N–H and O–H groups in total. The minimum Gasteiger partial charge on any atom is -0.448 e. The van der Waals surface area contributed by atoms with E-state index in [1.165, 1.54) is 16.7 Å². The van der Waals surface area contributed by atoms with E-state index in [0.29, 0.717) is 21.9 Å². The third kappa shape index (κ3) is 3.89. The van der Waals surface area contributed by atoms with Gasteiger partial charge in [0, 0.05) is 5.39 Å². The first-order valence-electron chi connectivity index (χ1n) is 10.2. The number of carbonyl (C=O) groups is 1. The molecule has 0 saturated carbocycles. The molecule has 0 aliphatic rings. The molecule has 0 spiro atoms. The van der Waals surface area contributed by atoms with Gasteiger partial charge in [0.2, 0.25) is 11.5 Å². The number of aromatic nitrogens is 2. The van der Waals surface area contributed by atoms with E-state index in [9.17, 15) is 14.0 Å². The van der Waals surface area contributed by atoms with E-state index in [1.807, 2.05) is 49.4 Å². The van der Waals surface area contributed by atoms with Crippen LogP contribution < -0.4 is 10.9 Å². The molecule has 0 bridgehead atoms. The van der Waals surface area contributed by atoms with Crippen molar-refractivity contribution in [3.63, 3.8) is 0 Å². The summed E-state index contributed by atoms with van der Waals surface area (Å²) in [5.74, 6) is -0.988.